The van der Waals surface area contributed by atoms with Gasteiger partial charge in [-0.3, -0.25) is 19.8 Å². The number of alkyl carbamates (subject to hydrolysis) is 1. The van der Waals surface area contributed by atoms with Gasteiger partial charge in [-0.25, -0.2) is 13.2 Å². The number of thiophene rings is 1. The van der Waals surface area contributed by atoms with E-state index >= 15 is 0 Å². The van der Waals surface area contributed by atoms with Gasteiger partial charge in [-0.1, -0.05) is 45.4 Å². The monoisotopic (exact) mass is 658 g/mol. The Labute approximate surface area is 270 Å². The number of nitrogens with zero attached hydrogens (tertiary/aromatic N) is 2. The van der Waals surface area contributed by atoms with E-state index in [2.05, 4.69) is 22.5 Å². The lowest BCUT2D eigenvalue weighted by atomic mass is 9.91. The molecular formula is C33H46N4O6S2. The SMILES string of the molecule is CCCN1CCc2c(sc(NC(=O)c3ccc(S(=O)(=O)N(C4CCCCC4)C4CCCCC4)cc3)c2C(=O)NC(=O)OCC)C1. The highest BCUT2D eigenvalue weighted by Gasteiger charge is 2.38. The van der Waals surface area contributed by atoms with Gasteiger partial charge in [-0.15, -0.1) is 11.3 Å². The predicted molar refractivity (Wildman–Crippen MR) is 175 cm³/mol. The van der Waals surface area contributed by atoms with Gasteiger partial charge in [0.25, 0.3) is 11.8 Å². The van der Waals surface area contributed by atoms with E-state index in [1.807, 2.05) is 4.31 Å². The van der Waals surface area contributed by atoms with Crippen molar-refractivity contribution in [3.05, 3.63) is 45.8 Å². The number of hydrogen-bond donors (Lipinski definition) is 2. The van der Waals surface area contributed by atoms with Gasteiger partial charge in [0.15, 0.2) is 0 Å². The van der Waals surface area contributed by atoms with Gasteiger partial charge in [0.05, 0.1) is 17.1 Å². The number of carbonyl (C=O) groups is 3. The Morgan fingerprint density at radius 2 is 1.56 bits per heavy atom. The zero-order valence-corrected chi connectivity index (χ0v) is 28.1. The van der Waals surface area contributed by atoms with Gasteiger partial charge in [-0.2, -0.15) is 4.31 Å². The van der Waals surface area contributed by atoms with E-state index in [9.17, 15) is 22.8 Å². The van der Waals surface area contributed by atoms with Crippen LogP contribution >= 0.6 is 11.3 Å². The Balaban J connectivity index is 1.37. The van der Waals surface area contributed by atoms with E-state index in [0.717, 1.165) is 94.2 Å². The number of amides is 3. The number of rotatable bonds is 10. The van der Waals surface area contributed by atoms with Gasteiger partial charge in [0.1, 0.15) is 5.00 Å². The molecule has 2 aliphatic carbocycles. The molecular weight excluding hydrogens is 613 g/mol. The van der Waals surface area contributed by atoms with Crippen LogP contribution in [0.1, 0.15) is 116 Å². The average Bonchev–Trinajstić information content (AvgIpc) is 3.39. The average molecular weight is 659 g/mol. The molecule has 1 aromatic heterocycles. The minimum atomic E-state index is -3.75. The Kier molecular flexibility index (Phi) is 11.3. The standard InChI is InChI=1S/C33H46N4O6S2/c1-3-20-36-21-19-27-28(22-36)44-32(29(27)31(39)35-33(40)43-4-2)34-30(38)23-15-17-26(18-16-23)45(41,42)37(24-11-7-5-8-12-24)25-13-9-6-10-14-25/h15-18,24-25H,3-14,19-22H2,1-2H3,(H,34,38)(H,35,39,40). The maximum Gasteiger partial charge on any atom is 0.414 e. The smallest absolute Gasteiger partial charge is 0.414 e. The van der Waals surface area contributed by atoms with Gasteiger partial charge in [0, 0.05) is 35.6 Å². The van der Waals surface area contributed by atoms with Crippen molar-refractivity contribution in [3.63, 3.8) is 0 Å². The number of carbonyl (C=O) groups excluding carboxylic acids is 3. The topological polar surface area (TPSA) is 125 Å². The van der Waals surface area contributed by atoms with Crippen LogP contribution in [0.15, 0.2) is 29.2 Å². The molecule has 3 aliphatic rings. The van der Waals surface area contributed by atoms with Crippen LogP contribution in [0.5, 0.6) is 0 Å². The van der Waals surface area contributed by atoms with Gasteiger partial charge in [-0.05, 0) is 81.8 Å². The fourth-order valence-electron chi connectivity index (χ4n) is 7.05. The largest absolute Gasteiger partial charge is 0.450 e. The van der Waals surface area contributed by atoms with E-state index in [1.165, 1.54) is 35.6 Å². The Morgan fingerprint density at radius 1 is 0.933 bits per heavy atom. The van der Waals surface area contributed by atoms with E-state index in [1.54, 1.807) is 6.92 Å². The summed E-state index contributed by atoms with van der Waals surface area (Å²) in [7, 11) is -3.75. The highest BCUT2D eigenvalue weighted by Crippen LogP contribution is 2.38. The van der Waals surface area contributed by atoms with Crippen molar-refractivity contribution in [3.8, 4) is 0 Å². The van der Waals surface area contributed by atoms with Gasteiger partial charge < -0.3 is 10.1 Å². The fraction of sp³-hybridized carbons (Fsp3) is 0.606. The first-order valence-electron chi connectivity index (χ1n) is 16.5. The Bertz CT molecular complexity index is 1440. The van der Waals surface area contributed by atoms with E-state index in [4.69, 9.17) is 4.74 Å². The van der Waals surface area contributed by atoms with Crippen LogP contribution in [0.4, 0.5) is 9.80 Å². The van der Waals surface area contributed by atoms with Crippen molar-refractivity contribution in [1.29, 1.82) is 0 Å². The second-order valence-electron chi connectivity index (χ2n) is 12.3. The van der Waals surface area contributed by atoms with Crippen LogP contribution in [0.3, 0.4) is 0 Å². The molecule has 0 radical (unpaired) electrons. The third-order valence-electron chi connectivity index (χ3n) is 9.18. The van der Waals surface area contributed by atoms with Crippen molar-refractivity contribution >= 4 is 44.3 Å². The van der Waals surface area contributed by atoms with E-state index in [-0.39, 0.29) is 34.7 Å². The summed E-state index contributed by atoms with van der Waals surface area (Å²) < 4.78 is 34.9. The molecule has 0 spiro atoms. The number of benzene rings is 1. The predicted octanol–water partition coefficient (Wildman–Crippen LogP) is 6.31. The molecule has 0 bridgehead atoms. The number of nitrogens with one attached hydrogen (secondary N) is 2. The lowest BCUT2D eigenvalue weighted by Crippen LogP contribution is -2.48. The van der Waals surface area contributed by atoms with Crippen molar-refractivity contribution in [2.45, 2.75) is 114 Å². The van der Waals surface area contributed by atoms with Crippen LogP contribution in [-0.4, -0.2) is 67.3 Å². The summed E-state index contributed by atoms with van der Waals surface area (Å²) in [5.74, 6) is -1.07. The summed E-state index contributed by atoms with van der Waals surface area (Å²) in [6, 6.07) is 6.17. The number of fused-ring (bicyclic) bond motifs is 1. The summed E-state index contributed by atoms with van der Waals surface area (Å²) in [5, 5.41) is 5.54. The highest BCUT2D eigenvalue weighted by molar-refractivity contribution is 7.89. The summed E-state index contributed by atoms with van der Waals surface area (Å²) in [5.41, 5.74) is 1.39. The molecule has 2 heterocycles. The van der Waals surface area contributed by atoms with Gasteiger partial charge in [0.2, 0.25) is 10.0 Å². The summed E-state index contributed by atoms with van der Waals surface area (Å²) >= 11 is 1.34. The van der Waals surface area contributed by atoms with Crippen molar-refractivity contribution in [2.75, 3.05) is 25.0 Å². The maximum absolute atomic E-state index is 14.1. The summed E-state index contributed by atoms with van der Waals surface area (Å²) in [6.07, 6.45) is 10.8. The molecule has 0 unspecified atom stereocenters. The van der Waals surface area contributed by atoms with Crippen molar-refractivity contribution in [1.82, 2.24) is 14.5 Å². The Hall–Kier alpha value is -2.80. The molecule has 0 saturated heterocycles. The molecule has 2 fully saturated rings. The summed E-state index contributed by atoms with van der Waals surface area (Å²) in [4.78, 5) is 42.3. The number of sulfonamides is 1. The molecule has 2 aromatic rings. The molecule has 2 N–H and O–H groups in total. The molecule has 0 atom stereocenters. The third-order valence-corrected chi connectivity index (χ3v) is 12.3. The number of anilines is 1. The van der Waals surface area contributed by atoms with Crippen LogP contribution in [0.25, 0.3) is 0 Å². The van der Waals surface area contributed by atoms with E-state index in [0.29, 0.717) is 18.0 Å². The maximum atomic E-state index is 14.1. The number of hydrogen-bond acceptors (Lipinski definition) is 8. The molecule has 3 amide bonds. The highest BCUT2D eigenvalue weighted by atomic mass is 32.2. The normalized spacial score (nSPS) is 18.4. The second-order valence-corrected chi connectivity index (χ2v) is 15.3. The zero-order chi connectivity index (χ0) is 32.0. The quantitative estimate of drug-likeness (QED) is 0.307. The van der Waals surface area contributed by atoms with E-state index < -0.39 is 27.9 Å². The van der Waals surface area contributed by atoms with Crippen molar-refractivity contribution in [2.24, 2.45) is 0 Å². The summed E-state index contributed by atoms with van der Waals surface area (Å²) in [6.45, 7) is 6.27. The first-order chi connectivity index (χ1) is 21.7. The third kappa shape index (κ3) is 7.78. The fourth-order valence-corrected chi connectivity index (χ4v) is 10.3. The van der Waals surface area contributed by atoms with Crippen LogP contribution in [0.2, 0.25) is 0 Å². The lowest BCUT2D eigenvalue weighted by Gasteiger charge is -2.40. The molecule has 5 rings (SSSR count). The molecule has 1 aromatic carbocycles. The Morgan fingerprint density at radius 3 is 2.13 bits per heavy atom. The van der Waals surface area contributed by atoms with Crippen LogP contribution < -0.4 is 10.6 Å². The number of imide groups is 1. The second kappa shape index (κ2) is 15.2. The molecule has 1 aliphatic heterocycles. The number of ether oxygens (including phenoxy) is 1. The van der Waals surface area contributed by atoms with Crippen LogP contribution in [0, 0.1) is 0 Å². The molecule has 246 valence electrons. The molecule has 2 saturated carbocycles. The molecule has 10 nitrogen and oxygen atoms in total. The van der Waals surface area contributed by atoms with Crippen molar-refractivity contribution < 1.29 is 27.5 Å². The van der Waals surface area contributed by atoms with Gasteiger partial charge >= 0.3 is 6.09 Å². The molecule has 45 heavy (non-hydrogen) atoms. The first-order valence-corrected chi connectivity index (χ1v) is 18.8. The zero-order valence-electron chi connectivity index (χ0n) is 26.4. The first kappa shape index (κ1) is 33.6. The minimum absolute atomic E-state index is 0.0205. The molecule has 12 heteroatoms. The van der Waals surface area contributed by atoms with Crippen LogP contribution in [-0.2, 0) is 27.7 Å². The lowest BCUT2D eigenvalue weighted by molar-refractivity contribution is 0.0924. The minimum Gasteiger partial charge on any atom is -0.450 e.